The summed E-state index contributed by atoms with van der Waals surface area (Å²) in [5, 5.41) is 1.11. The number of H-pyrrole nitrogens is 1. The average molecular weight is 530 g/mol. The van der Waals surface area contributed by atoms with Crippen molar-refractivity contribution in [3.05, 3.63) is 65.4 Å². The Balaban J connectivity index is 1.44. The summed E-state index contributed by atoms with van der Waals surface area (Å²) in [6.45, 7) is 2.98. The summed E-state index contributed by atoms with van der Waals surface area (Å²) in [5.74, 6) is -0.572. The van der Waals surface area contributed by atoms with E-state index in [9.17, 15) is 18.0 Å². The second-order valence-electron chi connectivity index (χ2n) is 10.2. The van der Waals surface area contributed by atoms with E-state index in [0.29, 0.717) is 19.6 Å². The topological polar surface area (TPSA) is 67.0 Å². The first-order chi connectivity index (χ1) is 18.3. The number of alkyl halides is 3. The highest BCUT2D eigenvalue weighted by Gasteiger charge is 2.49. The number of benzene rings is 2. The molecule has 10 heteroatoms. The fourth-order valence-electron chi connectivity index (χ4n) is 6.58. The molecular formula is C28H30F3N3O4. The first-order valence-corrected chi connectivity index (χ1v) is 12.9. The molecule has 4 heterocycles. The minimum Gasteiger partial charge on any atom is -0.468 e. The first-order valence-electron chi connectivity index (χ1n) is 12.9. The van der Waals surface area contributed by atoms with E-state index in [-0.39, 0.29) is 29.8 Å². The third kappa shape index (κ3) is 4.65. The Bertz CT molecular complexity index is 1300. The number of nitrogens with one attached hydrogen (secondary N) is 1. The summed E-state index contributed by atoms with van der Waals surface area (Å²) in [6.07, 6.45) is -2.71. The number of piperidine rings is 1. The summed E-state index contributed by atoms with van der Waals surface area (Å²) in [5.41, 5.74) is 4.11. The molecule has 2 fully saturated rings. The fourth-order valence-corrected chi connectivity index (χ4v) is 6.58. The molecular weight excluding hydrogens is 499 g/mol. The molecule has 2 aromatic carbocycles. The van der Waals surface area contributed by atoms with Crippen LogP contribution in [0.5, 0.6) is 5.75 Å². The molecule has 3 aromatic rings. The van der Waals surface area contributed by atoms with E-state index >= 15 is 0 Å². The number of hydrogen-bond donors (Lipinski definition) is 1. The van der Waals surface area contributed by atoms with Gasteiger partial charge in [0.05, 0.1) is 26.4 Å². The SMILES string of the molecule is COC(=O)[C@@H]1Cc2c([nH]c3ccccc23)[C@H]2C[C@@H](N3CCOCC3)C[C@@H](c3ccc(OC(F)(F)F)cc3)N21. The Morgan fingerprint density at radius 3 is 2.45 bits per heavy atom. The van der Waals surface area contributed by atoms with Gasteiger partial charge in [-0.1, -0.05) is 30.3 Å². The van der Waals surface area contributed by atoms with Gasteiger partial charge in [0, 0.05) is 48.2 Å². The lowest BCUT2D eigenvalue weighted by molar-refractivity contribution is -0.274. The van der Waals surface area contributed by atoms with Crippen LogP contribution in [0.2, 0.25) is 0 Å². The van der Waals surface area contributed by atoms with Crippen molar-refractivity contribution >= 4 is 16.9 Å². The zero-order valence-electron chi connectivity index (χ0n) is 21.0. The maximum absolute atomic E-state index is 13.2. The highest BCUT2D eigenvalue weighted by molar-refractivity contribution is 5.87. The van der Waals surface area contributed by atoms with Crippen molar-refractivity contribution < 1.29 is 32.2 Å². The number of hydrogen-bond acceptors (Lipinski definition) is 6. The second-order valence-corrected chi connectivity index (χ2v) is 10.2. The maximum Gasteiger partial charge on any atom is 0.573 e. The Morgan fingerprint density at radius 1 is 1.03 bits per heavy atom. The molecule has 3 aliphatic rings. The minimum atomic E-state index is -4.76. The lowest BCUT2D eigenvalue weighted by atomic mass is 9.79. The van der Waals surface area contributed by atoms with Gasteiger partial charge in [0.1, 0.15) is 11.8 Å². The predicted octanol–water partition coefficient (Wildman–Crippen LogP) is 4.74. The molecule has 7 nitrogen and oxygen atoms in total. The van der Waals surface area contributed by atoms with Crippen LogP contribution in [0.1, 0.15) is 41.7 Å². The largest absolute Gasteiger partial charge is 0.573 e. The number of fused-ring (bicyclic) bond motifs is 5. The number of rotatable bonds is 4. The highest BCUT2D eigenvalue weighted by atomic mass is 19.4. The standard InChI is InChI=1S/C28H30F3N3O4/c1-36-27(35)25-16-21-20-4-2-3-5-22(20)32-26(21)24-15-18(33-10-12-37-13-11-33)14-23(34(24)25)17-6-8-19(9-7-17)38-28(29,30)31/h2-9,18,23-25,32H,10-16H2,1H3/t18-,23-,24+,25-/m0/s1. The number of esters is 1. The van der Waals surface area contributed by atoms with Gasteiger partial charge in [-0.2, -0.15) is 0 Å². The van der Waals surface area contributed by atoms with Crippen LogP contribution in [0.4, 0.5) is 13.2 Å². The Kier molecular flexibility index (Phi) is 6.57. The van der Waals surface area contributed by atoms with Crippen LogP contribution in [-0.4, -0.2) is 72.6 Å². The number of nitrogens with zero attached hydrogens (tertiary/aromatic N) is 2. The van der Waals surface area contributed by atoms with Gasteiger partial charge in [-0.25, -0.2) is 0 Å². The zero-order chi connectivity index (χ0) is 26.4. The van der Waals surface area contributed by atoms with Crippen molar-refractivity contribution in [3.63, 3.8) is 0 Å². The Hall–Kier alpha value is -3.08. The molecule has 0 saturated carbocycles. The van der Waals surface area contributed by atoms with Gasteiger partial charge < -0.3 is 19.2 Å². The molecule has 2 saturated heterocycles. The molecule has 0 spiro atoms. The predicted molar refractivity (Wildman–Crippen MR) is 134 cm³/mol. The lowest BCUT2D eigenvalue weighted by Crippen LogP contribution is -2.57. The maximum atomic E-state index is 13.2. The van der Waals surface area contributed by atoms with Crippen molar-refractivity contribution in [2.45, 2.75) is 49.8 Å². The van der Waals surface area contributed by atoms with Gasteiger partial charge in [-0.3, -0.25) is 14.6 Å². The van der Waals surface area contributed by atoms with E-state index < -0.39 is 12.4 Å². The molecule has 3 aliphatic heterocycles. The molecule has 1 aromatic heterocycles. The summed E-state index contributed by atoms with van der Waals surface area (Å²) in [7, 11) is 1.40. The van der Waals surface area contributed by atoms with Crippen LogP contribution in [0.15, 0.2) is 48.5 Å². The van der Waals surface area contributed by atoms with E-state index in [0.717, 1.165) is 53.7 Å². The summed E-state index contributed by atoms with van der Waals surface area (Å²) >= 11 is 0. The molecule has 38 heavy (non-hydrogen) atoms. The molecule has 1 N–H and O–H groups in total. The monoisotopic (exact) mass is 529 g/mol. The smallest absolute Gasteiger partial charge is 0.468 e. The van der Waals surface area contributed by atoms with Crippen molar-refractivity contribution in [1.29, 1.82) is 0 Å². The molecule has 0 bridgehead atoms. The molecule has 0 amide bonds. The molecule has 6 rings (SSSR count). The van der Waals surface area contributed by atoms with Crippen molar-refractivity contribution in [2.75, 3.05) is 33.4 Å². The molecule has 0 unspecified atom stereocenters. The van der Waals surface area contributed by atoms with Crippen LogP contribution < -0.4 is 4.74 Å². The van der Waals surface area contributed by atoms with Crippen LogP contribution >= 0.6 is 0 Å². The van der Waals surface area contributed by atoms with Crippen molar-refractivity contribution in [3.8, 4) is 5.75 Å². The number of methoxy groups -OCH3 is 1. The number of morpholine rings is 1. The van der Waals surface area contributed by atoms with Gasteiger partial charge in [0.2, 0.25) is 0 Å². The normalized spacial score (nSPS) is 26.5. The zero-order valence-corrected chi connectivity index (χ0v) is 21.0. The third-order valence-corrected chi connectivity index (χ3v) is 8.18. The van der Waals surface area contributed by atoms with E-state index in [1.54, 1.807) is 12.1 Å². The van der Waals surface area contributed by atoms with E-state index in [1.807, 2.05) is 18.2 Å². The number of halogens is 3. The Morgan fingerprint density at radius 2 is 1.74 bits per heavy atom. The quantitative estimate of drug-likeness (QED) is 0.493. The number of aromatic nitrogens is 1. The van der Waals surface area contributed by atoms with Gasteiger partial charge in [0.15, 0.2) is 0 Å². The van der Waals surface area contributed by atoms with E-state index in [1.165, 1.54) is 19.2 Å². The van der Waals surface area contributed by atoms with Crippen LogP contribution in [-0.2, 0) is 20.7 Å². The number of carbonyl (C=O) groups is 1. The van der Waals surface area contributed by atoms with E-state index in [4.69, 9.17) is 9.47 Å². The average Bonchev–Trinajstić information content (AvgIpc) is 3.30. The van der Waals surface area contributed by atoms with Gasteiger partial charge in [-0.05, 0) is 42.2 Å². The molecule has 0 radical (unpaired) electrons. The molecule has 0 aliphatic carbocycles. The highest BCUT2D eigenvalue weighted by Crippen LogP contribution is 2.50. The summed E-state index contributed by atoms with van der Waals surface area (Å²) in [4.78, 5) is 21.5. The Labute approximate surface area is 218 Å². The van der Waals surface area contributed by atoms with Gasteiger partial charge in [0.25, 0.3) is 0 Å². The van der Waals surface area contributed by atoms with Crippen LogP contribution in [0.3, 0.4) is 0 Å². The number of carbonyl (C=O) groups excluding carboxylic acids is 1. The summed E-state index contributed by atoms with van der Waals surface area (Å²) in [6, 6.07) is 13.6. The van der Waals surface area contributed by atoms with Gasteiger partial charge >= 0.3 is 12.3 Å². The number of para-hydroxylation sites is 1. The number of ether oxygens (including phenoxy) is 3. The molecule has 202 valence electrons. The lowest BCUT2D eigenvalue weighted by Gasteiger charge is -2.52. The van der Waals surface area contributed by atoms with Crippen LogP contribution in [0.25, 0.3) is 10.9 Å². The van der Waals surface area contributed by atoms with Crippen molar-refractivity contribution in [2.24, 2.45) is 0 Å². The first kappa shape index (κ1) is 25.2. The van der Waals surface area contributed by atoms with Gasteiger partial charge in [-0.15, -0.1) is 13.2 Å². The van der Waals surface area contributed by atoms with Crippen LogP contribution in [0, 0.1) is 0 Å². The number of aromatic amines is 1. The summed E-state index contributed by atoms with van der Waals surface area (Å²) < 4.78 is 53.3. The fraction of sp³-hybridized carbons (Fsp3) is 0.464. The second kappa shape index (κ2) is 9.91. The van der Waals surface area contributed by atoms with E-state index in [2.05, 4.69) is 25.6 Å². The molecule has 4 atom stereocenters. The third-order valence-electron chi connectivity index (χ3n) is 8.18. The van der Waals surface area contributed by atoms with Crippen molar-refractivity contribution in [1.82, 2.24) is 14.8 Å². The minimum absolute atomic E-state index is 0.0899.